The summed E-state index contributed by atoms with van der Waals surface area (Å²) in [7, 11) is 2.03. The molecule has 0 radical (unpaired) electrons. The van der Waals surface area contributed by atoms with E-state index in [2.05, 4.69) is 43.9 Å². The minimum Gasteiger partial charge on any atom is -0.386 e. The third-order valence-electron chi connectivity index (χ3n) is 3.82. The van der Waals surface area contributed by atoms with Gasteiger partial charge in [-0.1, -0.05) is 36.4 Å². The third kappa shape index (κ3) is 3.20. The molecule has 0 fully saturated rings. The maximum absolute atomic E-state index is 10.5. The van der Waals surface area contributed by atoms with E-state index in [0.29, 0.717) is 0 Å². The molecule has 1 N–H and O–H groups in total. The molecule has 0 saturated carbocycles. The number of rotatable bonds is 4. The second kappa shape index (κ2) is 6.10. The number of aryl methyl sites for hydroxylation is 2. The molecule has 2 rings (SSSR count). The lowest BCUT2D eigenvalue weighted by Crippen LogP contribution is -2.34. The van der Waals surface area contributed by atoms with Crippen molar-refractivity contribution in [2.75, 3.05) is 11.9 Å². The molecule has 0 aliphatic heterocycles. The molecule has 0 unspecified atom stereocenters. The van der Waals surface area contributed by atoms with E-state index in [4.69, 9.17) is 0 Å². The Morgan fingerprint density at radius 1 is 0.950 bits per heavy atom. The Morgan fingerprint density at radius 2 is 1.50 bits per heavy atom. The molecule has 0 aromatic heterocycles. The molecule has 2 aromatic rings. The molecule has 0 aliphatic carbocycles. The second-order valence-corrected chi connectivity index (χ2v) is 5.55. The van der Waals surface area contributed by atoms with Gasteiger partial charge < -0.3 is 10.0 Å². The molecule has 0 heterocycles. The summed E-state index contributed by atoms with van der Waals surface area (Å²) in [6.07, 6.45) is -0.498. The van der Waals surface area contributed by atoms with E-state index in [1.807, 2.05) is 37.4 Å². The van der Waals surface area contributed by atoms with Crippen LogP contribution in [0.2, 0.25) is 0 Å². The van der Waals surface area contributed by atoms with E-state index < -0.39 is 6.10 Å². The molecular weight excluding hydrogens is 246 g/mol. The number of nitrogens with zero attached hydrogens (tertiary/aromatic N) is 1. The average Bonchev–Trinajstić information content (AvgIpc) is 2.45. The number of likely N-dealkylation sites (N-methyl/N-ethyl adjacent to an activating group) is 1. The quantitative estimate of drug-likeness (QED) is 0.911. The topological polar surface area (TPSA) is 23.5 Å². The predicted octanol–water partition coefficient (Wildman–Crippen LogP) is 3.86. The fourth-order valence-electron chi connectivity index (χ4n) is 2.53. The van der Waals surface area contributed by atoms with Gasteiger partial charge in [0, 0.05) is 12.7 Å². The van der Waals surface area contributed by atoms with Crippen molar-refractivity contribution < 1.29 is 5.11 Å². The van der Waals surface area contributed by atoms with Crippen molar-refractivity contribution in [3.8, 4) is 0 Å². The van der Waals surface area contributed by atoms with Crippen LogP contribution >= 0.6 is 0 Å². The highest BCUT2D eigenvalue weighted by Gasteiger charge is 2.20. The Kier molecular flexibility index (Phi) is 4.46. The second-order valence-electron chi connectivity index (χ2n) is 5.55. The van der Waals surface area contributed by atoms with Crippen LogP contribution < -0.4 is 4.90 Å². The molecule has 0 spiro atoms. The van der Waals surface area contributed by atoms with Gasteiger partial charge in [-0.05, 0) is 49.6 Å². The fraction of sp³-hybridized carbons (Fsp3) is 0.333. The van der Waals surface area contributed by atoms with Gasteiger partial charge in [0.15, 0.2) is 0 Å². The number of anilines is 1. The largest absolute Gasteiger partial charge is 0.386 e. The maximum Gasteiger partial charge on any atom is 0.0990 e. The summed E-state index contributed by atoms with van der Waals surface area (Å²) < 4.78 is 0. The number of aliphatic hydroxyl groups is 1. The van der Waals surface area contributed by atoms with Gasteiger partial charge in [-0.3, -0.25) is 0 Å². The molecule has 0 aliphatic rings. The first-order chi connectivity index (χ1) is 9.49. The molecule has 0 bridgehead atoms. The van der Waals surface area contributed by atoms with E-state index in [9.17, 15) is 5.11 Å². The van der Waals surface area contributed by atoms with Crippen LogP contribution in [0, 0.1) is 13.8 Å². The van der Waals surface area contributed by atoms with Crippen molar-refractivity contribution in [3.63, 3.8) is 0 Å². The zero-order chi connectivity index (χ0) is 14.7. The molecular formula is C18H23NO. The van der Waals surface area contributed by atoms with Crippen LogP contribution in [-0.2, 0) is 0 Å². The van der Waals surface area contributed by atoms with Crippen LogP contribution in [0.5, 0.6) is 0 Å². The van der Waals surface area contributed by atoms with Crippen LogP contribution in [0.25, 0.3) is 0 Å². The molecule has 20 heavy (non-hydrogen) atoms. The Hall–Kier alpha value is -1.80. The zero-order valence-electron chi connectivity index (χ0n) is 12.7. The van der Waals surface area contributed by atoms with Crippen LogP contribution in [0.15, 0.2) is 48.5 Å². The summed E-state index contributed by atoms with van der Waals surface area (Å²) in [6.45, 7) is 6.25. The molecule has 2 heteroatoms. The number of hydrogen-bond acceptors (Lipinski definition) is 2. The van der Waals surface area contributed by atoms with Gasteiger partial charge in [-0.15, -0.1) is 0 Å². The lowest BCUT2D eigenvalue weighted by atomic mass is 10.0. The summed E-state index contributed by atoms with van der Waals surface area (Å²) in [6, 6.07) is 16.3. The van der Waals surface area contributed by atoms with Gasteiger partial charge in [0.2, 0.25) is 0 Å². The first-order valence-corrected chi connectivity index (χ1v) is 7.03. The van der Waals surface area contributed by atoms with E-state index in [1.165, 1.54) is 11.1 Å². The van der Waals surface area contributed by atoms with Crippen molar-refractivity contribution in [3.05, 3.63) is 65.2 Å². The first kappa shape index (κ1) is 14.6. The van der Waals surface area contributed by atoms with Gasteiger partial charge in [0.05, 0.1) is 12.1 Å². The Bertz CT molecular complexity index is 545. The Balaban J connectivity index is 2.21. The summed E-state index contributed by atoms with van der Waals surface area (Å²) in [5.41, 5.74) is 4.59. The molecule has 0 saturated heterocycles. The minimum atomic E-state index is -0.498. The lowest BCUT2D eigenvalue weighted by molar-refractivity contribution is 0.151. The van der Waals surface area contributed by atoms with Crippen LogP contribution in [0.3, 0.4) is 0 Å². The smallest absolute Gasteiger partial charge is 0.0990 e. The van der Waals surface area contributed by atoms with Crippen molar-refractivity contribution >= 4 is 5.69 Å². The monoisotopic (exact) mass is 269 g/mol. The molecule has 2 aromatic carbocycles. The van der Waals surface area contributed by atoms with Crippen molar-refractivity contribution in [2.45, 2.75) is 32.9 Å². The third-order valence-corrected chi connectivity index (χ3v) is 3.82. The summed E-state index contributed by atoms with van der Waals surface area (Å²) in [4.78, 5) is 2.14. The Labute approximate surface area is 121 Å². The summed E-state index contributed by atoms with van der Waals surface area (Å²) in [5.74, 6) is 0. The standard InChI is InChI=1S/C18H23NO/c1-13-10-14(2)12-17(11-13)19(4)15(3)18(20)16-8-6-5-7-9-16/h5-12,15,18,20H,1-4H3/t15-,18+/m1/s1. The van der Waals surface area contributed by atoms with Crippen molar-refractivity contribution in [1.29, 1.82) is 0 Å². The van der Waals surface area contributed by atoms with Gasteiger partial charge in [-0.2, -0.15) is 0 Å². The molecule has 0 amide bonds. The summed E-state index contributed by atoms with van der Waals surface area (Å²) >= 11 is 0. The highest BCUT2D eigenvalue weighted by molar-refractivity contribution is 5.51. The number of benzene rings is 2. The van der Waals surface area contributed by atoms with Gasteiger partial charge >= 0.3 is 0 Å². The molecule has 2 nitrogen and oxygen atoms in total. The number of aliphatic hydroxyl groups excluding tert-OH is 1. The maximum atomic E-state index is 10.5. The fourth-order valence-corrected chi connectivity index (χ4v) is 2.53. The van der Waals surface area contributed by atoms with Crippen molar-refractivity contribution in [1.82, 2.24) is 0 Å². The van der Waals surface area contributed by atoms with Gasteiger partial charge in [0.25, 0.3) is 0 Å². The lowest BCUT2D eigenvalue weighted by Gasteiger charge is -2.31. The normalized spacial score (nSPS) is 13.8. The first-order valence-electron chi connectivity index (χ1n) is 7.03. The van der Waals surface area contributed by atoms with Crippen LogP contribution in [0.1, 0.15) is 29.7 Å². The van der Waals surface area contributed by atoms with Crippen molar-refractivity contribution in [2.24, 2.45) is 0 Å². The van der Waals surface area contributed by atoms with E-state index in [-0.39, 0.29) is 6.04 Å². The predicted molar refractivity (Wildman–Crippen MR) is 85.2 cm³/mol. The highest BCUT2D eigenvalue weighted by atomic mass is 16.3. The zero-order valence-corrected chi connectivity index (χ0v) is 12.7. The van der Waals surface area contributed by atoms with Crippen LogP contribution in [0.4, 0.5) is 5.69 Å². The van der Waals surface area contributed by atoms with E-state index >= 15 is 0 Å². The van der Waals surface area contributed by atoms with Gasteiger partial charge in [0.1, 0.15) is 0 Å². The minimum absolute atomic E-state index is 0.0126. The molecule has 106 valence electrons. The number of hydrogen-bond donors (Lipinski definition) is 1. The average molecular weight is 269 g/mol. The summed E-state index contributed by atoms with van der Waals surface area (Å²) in [5, 5.41) is 10.5. The van der Waals surface area contributed by atoms with E-state index in [0.717, 1.165) is 11.3 Å². The van der Waals surface area contributed by atoms with Gasteiger partial charge in [-0.25, -0.2) is 0 Å². The molecule has 2 atom stereocenters. The Morgan fingerprint density at radius 3 is 2.05 bits per heavy atom. The highest BCUT2D eigenvalue weighted by Crippen LogP contribution is 2.25. The SMILES string of the molecule is Cc1cc(C)cc(N(C)[C@H](C)[C@H](O)c2ccccc2)c1. The van der Waals surface area contributed by atoms with E-state index in [1.54, 1.807) is 0 Å². The van der Waals surface area contributed by atoms with Crippen LogP contribution in [-0.4, -0.2) is 18.2 Å².